The minimum Gasteiger partial charge on any atom is -0.465 e. The zero-order valence-electron chi connectivity index (χ0n) is 25.8. The molecule has 3 aliphatic carbocycles. The van der Waals surface area contributed by atoms with Crippen molar-refractivity contribution in [2.24, 2.45) is 23.5 Å². The number of carbonyl (C=O) groups is 4. The number of fused-ring (bicyclic) bond motifs is 1. The van der Waals surface area contributed by atoms with Gasteiger partial charge in [0, 0.05) is 17.5 Å². The molecule has 1 aromatic carbocycles. The van der Waals surface area contributed by atoms with E-state index < -0.39 is 62.8 Å². The average Bonchev–Trinajstić information content (AvgIpc) is 3.91. The number of carbonyl (C=O) groups excluding carboxylic acids is 3. The number of nitrogens with zero attached hydrogens (tertiary/aromatic N) is 2. The lowest BCUT2D eigenvalue weighted by Crippen LogP contribution is -2.58. The third-order valence-electron chi connectivity index (χ3n) is 10.7. The summed E-state index contributed by atoms with van der Waals surface area (Å²) in [5.41, 5.74) is 6.61. The number of nitrogens with two attached hydrogens (primary N) is 1. The Morgan fingerprint density at radius 2 is 1.80 bits per heavy atom. The number of amides is 4. The number of hydrogen-bond donors (Lipinski definition) is 4. The lowest BCUT2D eigenvalue weighted by molar-refractivity contribution is -0.141. The molecule has 15 heteroatoms. The van der Waals surface area contributed by atoms with E-state index in [0.29, 0.717) is 29.8 Å². The van der Waals surface area contributed by atoms with Crippen molar-refractivity contribution in [1.29, 1.82) is 0 Å². The quantitative estimate of drug-likeness (QED) is 0.303. The Balaban J connectivity index is 0.00000417. The molecule has 1 unspecified atom stereocenters. The normalized spacial score (nSPS) is 29.8. The highest BCUT2D eigenvalue weighted by Crippen LogP contribution is 2.49. The van der Waals surface area contributed by atoms with Crippen molar-refractivity contribution in [3.63, 3.8) is 0 Å². The van der Waals surface area contributed by atoms with Crippen LogP contribution in [0.25, 0.3) is 0 Å². The highest BCUT2D eigenvalue weighted by Gasteiger charge is 2.62. The van der Waals surface area contributed by atoms with E-state index in [1.807, 2.05) is 13.0 Å². The van der Waals surface area contributed by atoms with Gasteiger partial charge in [0.15, 0.2) is 0 Å². The Bertz CT molecular complexity index is 1500. The van der Waals surface area contributed by atoms with Crippen LogP contribution in [0.1, 0.15) is 88.3 Å². The number of sulfonamides is 1. The summed E-state index contributed by atoms with van der Waals surface area (Å²) in [6.07, 6.45) is 5.50. The molecule has 3 saturated carbocycles. The SMILES string of the molecule is CC[C@@H]1C[C@]1(NC(=O)[C@@H]1C[C@@H](C2c3cccc(Cl)c3CN2C(=O)O)CN1C(=O)[C@@H](N)C1CCCCC1)C(=O)NS(=O)(=O)C1CC1.Cl. The molecule has 1 aromatic rings. The summed E-state index contributed by atoms with van der Waals surface area (Å²) >= 11 is 6.46. The molecule has 4 amide bonds. The van der Waals surface area contributed by atoms with Gasteiger partial charge in [-0.2, -0.15) is 0 Å². The van der Waals surface area contributed by atoms with E-state index in [2.05, 4.69) is 10.0 Å². The Labute approximate surface area is 280 Å². The Morgan fingerprint density at radius 1 is 1.11 bits per heavy atom. The van der Waals surface area contributed by atoms with Crippen molar-refractivity contribution in [3.8, 4) is 0 Å². The molecule has 0 spiro atoms. The minimum atomic E-state index is -3.83. The van der Waals surface area contributed by atoms with Crippen molar-refractivity contribution >= 4 is 57.8 Å². The van der Waals surface area contributed by atoms with E-state index in [1.54, 1.807) is 12.1 Å². The summed E-state index contributed by atoms with van der Waals surface area (Å²) in [7, 11) is -3.83. The molecule has 254 valence electrons. The second kappa shape index (κ2) is 13.1. The van der Waals surface area contributed by atoms with Gasteiger partial charge in [0.05, 0.1) is 23.9 Å². The van der Waals surface area contributed by atoms with Gasteiger partial charge in [0.25, 0.3) is 5.91 Å². The zero-order chi connectivity index (χ0) is 32.3. The number of rotatable bonds is 9. The van der Waals surface area contributed by atoms with Gasteiger partial charge in [-0.25, -0.2) is 13.2 Å². The van der Waals surface area contributed by atoms with Gasteiger partial charge in [-0.3, -0.25) is 24.0 Å². The maximum Gasteiger partial charge on any atom is 0.408 e. The van der Waals surface area contributed by atoms with Crippen LogP contribution in [-0.4, -0.2) is 76.6 Å². The number of likely N-dealkylation sites (tertiary alicyclic amines) is 1. The smallest absolute Gasteiger partial charge is 0.408 e. The highest BCUT2D eigenvalue weighted by molar-refractivity contribution is 7.91. The Morgan fingerprint density at radius 3 is 2.41 bits per heavy atom. The van der Waals surface area contributed by atoms with E-state index in [-0.39, 0.29) is 56.1 Å². The van der Waals surface area contributed by atoms with Gasteiger partial charge in [-0.05, 0) is 67.6 Å². The van der Waals surface area contributed by atoms with Crippen LogP contribution in [0.3, 0.4) is 0 Å². The van der Waals surface area contributed by atoms with Crippen LogP contribution in [0.15, 0.2) is 18.2 Å². The van der Waals surface area contributed by atoms with Gasteiger partial charge in [0.1, 0.15) is 11.6 Å². The lowest BCUT2D eigenvalue weighted by atomic mass is 9.83. The van der Waals surface area contributed by atoms with Crippen molar-refractivity contribution in [1.82, 2.24) is 19.8 Å². The van der Waals surface area contributed by atoms with Crippen molar-refractivity contribution < 1.29 is 32.7 Å². The number of carboxylic acid groups (broad SMARTS) is 1. The molecule has 0 radical (unpaired) electrons. The largest absolute Gasteiger partial charge is 0.465 e. The van der Waals surface area contributed by atoms with Crippen LogP contribution >= 0.6 is 24.0 Å². The topological polar surface area (TPSA) is 179 Å². The zero-order valence-corrected chi connectivity index (χ0v) is 28.2. The summed E-state index contributed by atoms with van der Waals surface area (Å²) in [6, 6.07) is 2.83. The minimum absolute atomic E-state index is 0. The molecule has 5 N–H and O–H groups in total. The average molecular weight is 701 g/mol. The number of benzene rings is 1. The third-order valence-corrected chi connectivity index (χ3v) is 12.9. The summed E-state index contributed by atoms with van der Waals surface area (Å²) < 4.78 is 27.4. The van der Waals surface area contributed by atoms with E-state index >= 15 is 0 Å². The first kappa shape index (κ1) is 34.7. The lowest BCUT2D eigenvalue weighted by Gasteiger charge is -2.33. The standard InChI is InChI=1S/C31H42ClN5O7S.ClH/c1-2-19-14-31(19,29(40)35-45(43,44)20-11-12-20)34-27(38)24-13-18(15-36(24)28(39)25(33)17-7-4-3-5-8-17)26-21-9-6-10-23(32)22(21)16-37(26)30(41)42;/h6,9-10,17-20,24-26H,2-5,7-8,11-16,33H2,1H3,(H,34,38)(H,35,40)(H,41,42);1H/t18-,19-,24+,25+,26?,31-;/m1./s1. The molecule has 4 fully saturated rings. The molecule has 5 aliphatic rings. The van der Waals surface area contributed by atoms with Gasteiger partial charge in [0.2, 0.25) is 21.8 Å². The maximum absolute atomic E-state index is 14.1. The van der Waals surface area contributed by atoms with E-state index in [1.165, 1.54) is 9.80 Å². The number of halogens is 2. The predicted molar refractivity (Wildman–Crippen MR) is 173 cm³/mol. The molecule has 0 bridgehead atoms. The van der Waals surface area contributed by atoms with E-state index in [9.17, 15) is 32.7 Å². The molecule has 12 nitrogen and oxygen atoms in total. The van der Waals surface area contributed by atoms with Crippen molar-refractivity contribution in [2.45, 2.75) is 107 Å². The molecular formula is C31H43Cl2N5O7S. The fraction of sp³-hybridized carbons (Fsp3) is 0.677. The molecule has 6 rings (SSSR count). The molecule has 46 heavy (non-hydrogen) atoms. The van der Waals surface area contributed by atoms with Crippen LogP contribution in [-0.2, 0) is 31.0 Å². The summed E-state index contributed by atoms with van der Waals surface area (Å²) in [6.45, 7) is 2.06. The monoisotopic (exact) mass is 699 g/mol. The molecular weight excluding hydrogens is 657 g/mol. The van der Waals surface area contributed by atoms with Crippen LogP contribution in [0, 0.1) is 17.8 Å². The van der Waals surface area contributed by atoms with Gasteiger partial charge in [-0.15, -0.1) is 12.4 Å². The van der Waals surface area contributed by atoms with Crippen LogP contribution < -0.4 is 15.8 Å². The summed E-state index contributed by atoms with van der Waals surface area (Å²) in [5, 5.41) is 12.9. The number of nitrogens with one attached hydrogen (secondary N) is 2. The van der Waals surface area contributed by atoms with Gasteiger partial charge in [-0.1, -0.05) is 56.3 Å². The summed E-state index contributed by atoms with van der Waals surface area (Å²) in [4.78, 5) is 56.8. The molecule has 2 heterocycles. The van der Waals surface area contributed by atoms with Crippen LogP contribution in [0.2, 0.25) is 5.02 Å². The molecule has 6 atom stereocenters. The highest BCUT2D eigenvalue weighted by atomic mass is 35.5. The first-order valence-electron chi connectivity index (χ1n) is 16.1. The summed E-state index contributed by atoms with van der Waals surface area (Å²) in [5.74, 6) is -2.41. The number of hydrogen-bond acceptors (Lipinski definition) is 7. The van der Waals surface area contributed by atoms with Crippen LogP contribution in [0.5, 0.6) is 0 Å². The van der Waals surface area contributed by atoms with Gasteiger partial charge >= 0.3 is 6.09 Å². The Kier molecular flexibility index (Phi) is 9.90. The fourth-order valence-corrected chi connectivity index (χ4v) is 9.53. The Hall–Kier alpha value is -2.61. The fourth-order valence-electron chi connectivity index (χ4n) is 7.92. The van der Waals surface area contributed by atoms with E-state index in [4.69, 9.17) is 17.3 Å². The first-order valence-corrected chi connectivity index (χ1v) is 18.0. The predicted octanol–water partition coefficient (Wildman–Crippen LogP) is 3.31. The molecule has 2 aliphatic heterocycles. The van der Waals surface area contributed by atoms with Crippen molar-refractivity contribution in [3.05, 3.63) is 34.3 Å². The maximum atomic E-state index is 14.1. The van der Waals surface area contributed by atoms with E-state index in [0.717, 1.165) is 37.7 Å². The molecule has 1 saturated heterocycles. The second-order valence-electron chi connectivity index (χ2n) is 13.5. The molecule has 0 aromatic heterocycles. The van der Waals surface area contributed by atoms with Crippen molar-refractivity contribution in [2.75, 3.05) is 6.54 Å². The first-order chi connectivity index (χ1) is 21.4. The van der Waals surface area contributed by atoms with Gasteiger partial charge < -0.3 is 21.1 Å². The third kappa shape index (κ3) is 6.32. The second-order valence-corrected chi connectivity index (χ2v) is 15.9. The van der Waals surface area contributed by atoms with Crippen LogP contribution in [0.4, 0.5) is 4.79 Å².